The van der Waals surface area contributed by atoms with Crippen molar-refractivity contribution in [3.8, 4) is 11.8 Å². The molecule has 8 heteroatoms. The van der Waals surface area contributed by atoms with Crippen LogP contribution in [0, 0.1) is 11.3 Å². The normalized spacial score (nSPS) is 10.2. The second-order valence-electron chi connectivity index (χ2n) is 4.65. The Morgan fingerprint density at radius 2 is 2.00 bits per heavy atom. The predicted octanol–water partition coefficient (Wildman–Crippen LogP) is -0.494. The quantitative estimate of drug-likeness (QED) is 0.441. The molecule has 0 fully saturated rings. The summed E-state index contributed by atoms with van der Waals surface area (Å²) in [6, 6.07) is 13.3. The van der Waals surface area contributed by atoms with Crippen molar-refractivity contribution in [3.63, 3.8) is 0 Å². The van der Waals surface area contributed by atoms with Crippen molar-refractivity contribution in [2.24, 2.45) is 0 Å². The van der Waals surface area contributed by atoms with Crippen LogP contribution in [0.5, 0.6) is 0 Å². The molecule has 5 nitrogen and oxygen atoms in total. The number of carbonyl (C=O) groups is 1. The van der Waals surface area contributed by atoms with Gasteiger partial charge in [-0.15, -0.1) is 0 Å². The van der Waals surface area contributed by atoms with Crippen LogP contribution in [-0.2, 0) is 4.79 Å². The van der Waals surface area contributed by atoms with Crippen LogP contribution in [0.2, 0.25) is 0 Å². The molecule has 0 unspecified atom stereocenters. The summed E-state index contributed by atoms with van der Waals surface area (Å²) in [6.45, 7) is 0. The first kappa shape index (κ1) is 18.6. The Labute approximate surface area is 163 Å². The predicted molar refractivity (Wildman–Crippen MR) is 89.2 cm³/mol. The molecular weight excluding hydrogens is 385 g/mol. The molecule has 1 heterocycles. The van der Waals surface area contributed by atoms with Crippen LogP contribution in [0.1, 0.15) is 5.56 Å². The zero-order valence-electron chi connectivity index (χ0n) is 12.7. The third-order valence-corrected chi connectivity index (χ3v) is 4.75. The summed E-state index contributed by atoms with van der Waals surface area (Å²) in [5.74, 6) is -1.33. The van der Waals surface area contributed by atoms with E-state index in [4.69, 9.17) is 0 Å². The average molecular weight is 394 g/mol. The molecule has 0 saturated carbocycles. The Morgan fingerprint density at radius 3 is 2.67 bits per heavy atom. The van der Waals surface area contributed by atoms with Crippen molar-refractivity contribution in [2.45, 2.75) is 5.16 Å². The molecule has 3 rings (SSSR count). The van der Waals surface area contributed by atoms with E-state index < -0.39 is 5.97 Å². The zero-order valence-corrected chi connectivity index (χ0v) is 15.1. The van der Waals surface area contributed by atoms with E-state index in [0.717, 1.165) is 28.2 Å². The topological polar surface area (TPSA) is 81.7 Å². The molecule has 0 spiro atoms. The number of rotatable bonds is 4. The maximum absolute atomic E-state index is 10.7. The van der Waals surface area contributed by atoms with Gasteiger partial charge in [-0.05, 0) is 28.1 Å². The number of carboxylic acid groups (broad SMARTS) is 1. The molecule has 0 bridgehead atoms. The van der Waals surface area contributed by atoms with Crippen LogP contribution in [0.15, 0.2) is 52.4 Å². The molecule has 3 aromatic rings. The van der Waals surface area contributed by atoms with Gasteiger partial charge in [0.15, 0.2) is 5.16 Å². The fourth-order valence-electron chi connectivity index (χ4n) is 2.33. The minimum atomic E-state index is -1.15. The van der Waals surface area contributed by atoms with Gasteiger partial charge >= 0.3 is 18.9 Å². The van der Waals surface area contributed by atoms with E-state index >= 15 is 0 Å². The van der Waals surface area contributed by atoms with Crippen molar-refractivity contribution < 1.29 is 28.8 Å². The molecule has 24 heavy (non-hydrogen) atoms. The molecule has 0 N–H and O–H groups in total. The van der Waals surface area contributed by atoms with Crippen molar-refractivity contribution in [2.75, 3.05) is 5.75 Å². The van der Waals surface area contributed by atoms with Crippen LogP contribution in [0.3, 0.4) is 0 Å². The van der Waals surface area contributed by atoms with Gasteiger partial charge in [-0.1, -0.05) is 36.0 Å². The number of nitrogens with zero attached hydrogens (tertiary/aromatic N) is 3. The third-order valence-electron chi connectivity index (χ3n) is 3.27. The van der Waals surface area contributed by atoms with Crippen LogP contribution in [-0.4, -0.2) is 21.3 Å². The number of imidazole rings is 1. The smallest absolute Gasteiger partial charge is 0.549 e. The first-order chi connectivity index (χ1) is 11.1. The van der Waals surface area contributed by atoms with Gasteiger partial charge in [-0.25, -0.2) is 4.98 Å². The van der Waals surface area contributed by atoms with Crippen LogP contribution < -0.4 is 24.0 Å². The van der Waals surface area contributed by atoms with E-state index in [1.165, 1.54) is 0 Å². The van der Waals surface area contributed by atoms with Crippen molar-refractivity contribution in [3.05, 3.63) is 52.8 Å². The summed E-state index contributed by atoms with van der Waals surface area (Å²) in [4.78, 5) is 14.9. The van der Waals surface area contributed by atoms with E-state index in [9.17, 15) is 15.2 Å². The van der Waals surface area contributed by atoms with Gasteiger partial charge in [0.2, 0.25) is 0 Å². The van der Waals surface area contributed by atoms with Crippen molar-refractivity contribution in [1.82, 2.24) is 9.55 Å². The number of halogens is 1. The SMILES string of the molecule is N#Cc1ccc(-n2c(Br)cnc2SCC(=O)[O-])c2ccccc12.[Li+]. The summed E-state index contributed by atoms with van der Waals surface area (Å²) < 4.78 is 2.52. The largest absolute Gasteiger partial charge is 1.00 e. The third kappa shape index (κ3) is 3.53. The van der Waals surface area contributed by atoms with Gasteiger partial charge in [0.25, 0.3) is 0 Å². The molecule has 114 valence electrons. The number of fused-ring (bicyclic) bond motifs is 1. The number of carboxylic acids is 1. The van der Waals surface area contributed by atoms with Crippen molar-refractivity contribution in [1.29, 1.82) is 5.26 Å². The molecule has 0 radical (unpaired) electrons. The minimum Gasteiger partial charge on any atom is -0.549 e. The van der Waals surface area contributed by atoms with Gasteiger partial charge in [-0.3, -0.25) is 4.57 Å². The number of aliphatic carboxylic acids is 1. The Bertz CT molecular complexity index is 952. The van der Waals surface area contributed by atoms with Gasteiger partial charge in [0, 0.05) is 16.5 Å². The Morgan fingerprint density at radius 1 is 1.29 bits per heavy atom. The Kier molecular flexibility index (Phi) is 6.14. The maximum atomic E-state index is 10.7. The van der Waals surface area contributed by atoms with Crippen LogP contribution in [0.4, 0.5) is 0 Å². The summed E-state index contributed by atoms with van der Waals surface area (Å²) in [6.07, 6.45) is 1.62. The monoisotopic (exact) mass is 393 g/mol. The number of nitriles is 1. The van der Waals surface area contributed by atoms with Crippen molar-refractivity contribution >= 4 is 44.4 Å². The molecule has 0 aliphatic rings. The van der Waals surface area contributed by atoms with Gasteiger partial charge in [0.05, 0.1) is 29.5 Å². The Hall–Kier alpha value is -1.70. The fourth-order valence-corrected chi connectivity index (χ4v) is 3.61. The maximum Gasteiger partial charge on any atom is 1.00 e. The molecule has 0 aliphatic carbocycles. The Balaban J connectivity index is 0.00000208. The second kappa shape index (κ2) is 7.91. The molecule has 2 aromatic carbocycles. The second-order valence-corrected chi connectivity index (χ2v) is 6.40. The van der Waals surface area contributed by atoms with Gasteiger partial charge < -0.3 is 9.90 Å². The van der Waals surface area contributed by atoms with E-state index in [1.807, 2.05) is 34.9 Å². The summed E-state index contributed by atoms with van der Waals surface area (Å²) >= 11 is 4.53. The zero-order chi connectivity index (χ0) is 16.4. The fraction of sp³-hybridized carbons (Fsp3) is 0.0625. The average Bonchev–Trinajstić information content (AvgIpc) is 2.92. The van der Waals surface area contributed by atoms with Crippen LogP contribution in [0.25, 0.3) is 16.5 Å². The summed E-state index contributed by atoms with van der Waals surface area (Å²) in [7, 11) is 0. The van der Waals surface area contributed by atoms with E-state index in [-0.39, 0.29) is 24.6 Å². The minimum absolute atomic E-state index is 0. The molecule has 0 aliphatic heterocycles. The van der Waals surface area contributed by atoms with Gasteiger partial charge in [0.1, 0.15) is 4.60 Å². The first-order valence-corrected chi connectivity index (χ1v) is 8.38. The summed E-state index contributed by atoms with van der Waals surface area (Å²) in [5, 5.41) is 22.2. The molecular formula is C16H9BrLiN3O2S. The van der Waals surface area contributed by atoms with E-state index in [0.29, 0.717) is 15.3 Å². The first-order valence-electron chi connectivity index (χ1n) is 6.60. The molecule has 0 atom stereocenters. The van der Waals surface area contributed by atoms with E-state index in [2.05, 4.69) is 27.0 Å². The standard InChI is InChI=1S/C16H10BrN3O2S.Li/c17-14-8-19-16(23-9-15(21)22)20(14)13-6-5-10(7-18)11-3-1-2-4-12(11)13;/h1-6,8H,9H2,(H,21,22);/q;+1/p-1. The summed E-state index contributed by atoms with van der Waals surface area (Å²) in [5.41, 5.74) is 1.41. The molecule has 0 saturated heterocycles. The number of carbonyl (C=O) groups excluding carboxylic acids is 1. The number of aromatic nitrogens is 2. The van der Waals surface area contributed by atoms with Crippen LogP contribution >= 0.6 is 27.7 Å². The number of thioether (sulfide) groups is 1. The van der Waals surface area contributed by atoms with E-state index in [1.54, 1.807) is 12.3 Å². The van der Waals surface area contributed by atoms with Gasteiger partial charge in [-0.2, -0.15) is 5.26 Å². The molecule has 0 amide bonds. The number of hydrogen-bond acceptors (Lipinski definition) is 5. The number of hydrogen-bond donors (Lipinski definition) is 0. The molecule has 1 aromatic heterocycles. The number of benzene rings is 2.